The summed E-state index contributed by atoms with van der Waals surface area (Å²) in [5.41, 5.74) is 1.26. The first-order chi connectivity index (χ1) is 8.74. The van der Waals surface area contributed by atoms with Gasteiger partial charge >= 0.3 is 0 Å². The maximum Gasteiger partial charge on any atom is 0.133 e. The molecule has 98 valence electrons. The van der Waals surface area contributed by atoms with E-state index in [0.717, 1.165) is 29.2 Å². The molecule has 2 aliphatic rings. The highest BCUT2D eigenvalue weighted by Crippen LogP contribution is 2.41. The molecule has 0 bridgehead atoms. The highest BCUT2D eigenvalue weighted by Gasteiger charge is 2.39. The number of benzene rings is 1. The molecule has 1 saturated heterocycles. The summed E-state index contributed by atoms with van der Waals surface area (Å²) in [6.07, 6.45) is 4.33. The van der Waals surface area contributed by atoms with E-state index in [4.69, 9.17) is 4.74 Å². The molecule has 2 fully saturated rings. The molecular weight excluding hydrogens is 290 g/mol. The Morgan fingerprint density at radius 1 is 1.28 bits per heavy atom. The van der Waals surface area contributed by atoms with Crippen LogP contribution in [0.5, 0.6) is 5.75 Å². The second-order valence-electron chi connectivity index (χ2n) is 5.61. The van der Waals surface area contributed by atoms with E-state index in [9.17, 15) is 0 Å². The van der Waals surface area contributed by atoms with E-state index in [2.05, 4.69) is 46.4 Å². The number of halogens is 1. The highest BCUT2D eigenvalue weighted by molar-refractivity contribution is 9.10. The molecule has 1 heterocycles. The molecular formula is C15H20BrNO. The van der Waals surface area contributed by atoms with Gasteiger partial charge in [-0.3, -0.25) is 0 Å². The summed E-state index contributed by atoms with van der Waals surface area (Å²) in [5, 5.41) is 3.45. The molecule has 0 aromatic heterocycles. The molecule has 2 atom stereocenters. The summed E-state index contributed by atoms with van der Waals surface area (Å²) in [6, 6.07) is 6.35. The van der Waals surface area contributed by atoms with Crippen molar-refractivity contribution in [2.75, 3.05) is 13.1 Å². The zero-order valence-corrected chi connectivity index (χ0v) is 12.4. The molecule has 1 saturated carbocycles. The van der Waals surface area contributed by atoms with Crippen molar-refractivity contribution in [3.8, 4) is 5.75 Å². The zero-order valence-electron chi connectivity index (χ0n) is 10.8. The SMILES string of the molecule is Cc1ccc(O[C@H](C2CC2)[C@@H]2CCNC2)c(Br)c1. The third kappa shape index (κ3) is 2.72. The van der Waals surface area contributed by atoms with Crippen LogP contribution >= 0.6 is 15.9 Å². The van der Waals surface area contributed by atoms with Crippen molar-refractivity contribution in [3.05, 3.63) is 28.2 Å². The van der Waals surface area contributed by atoms with E-state index in [1.807, 2.05) is 0 Å². The summed E-state index contributed by atoms with van der Waals surface area (Å²) in [6.45, 7) is 4.37. The molecule has 3 rings (SSSR count). The van der Waals surface area contributed by atoms with Gasteiger partial charge < -0.3 is 10.1 Å². The summed E-state index contributed by atoms with van der Waals surface area (Å²) < 4.78 is 7.40. The molecule has 0 spiro atoms. The van der Waals surface area contributed by atoms with Crippen molar-refractivity contribution in [1.82, 2.24) is 5.32 Å². The fraction of sp³-hybridized carbons (Fsp3) is 0.600. The van der Waals surface area contributed by atoms with Gasteiger partial charge in [0.1, 0.15) is 11.9 Å². The minimum Gasteiger partial charge on any atom is -0.489 e. The molecule has 1 N–H and O–H groups in total. The Labute approximate surface area is 117 Å². The first-order valence-corrected chi connectivity index (χ1v) is 7.67. The predicted octanol–water partition coefficient (Wildman–Crippen LogP) is 3.52. The van der Waals surface area contributed by atoms with Gasteiger partial charge in [0, 0.05) is 12.5 Å². The van der Waals surface area contributed by atoms with Crippen LogP contribution < -0.4 is 10.1 Å². The fourth-order valence-corrected chi connectivity index (χ4v) is 3.39. The van der Waals surface area contributed by atoms with Crippen molar-refractivity contribution in [2.24, 2.45) is 11.8 Å². The minimum atomic E-state index is 0.402. The van der Waals surface area contributed by atoms with E-state index >= 15 is 0 Å². The monoisotopic (exact) mass is 309 g/mol. The quantitative estimate of drug-likeness (QED) is 0.919. The Bertz CT molecular complexity index is 425. The van der Waals surface area contributed by atoms with Gasteiger partial charge in [-0.1, -0.05) is 6.07 Å². The Morgan fingerprint density at radius 2 is 2.11 bits per heavy atom. The molecule has 3 heteroatoms. The molecule has 18 heavy (non-hydrogen) atoms. The number of hydrogen-bond acceptors (Lipinski definition) is 2. The van der Waals surface area contributed by atoms with Crippen molar-refractivity contribution in [3.63, 3.8) is 0 Å². The second kappa shape index (κ2) is 5.22. The van der Waals surface area contributed by atoms with Gasteiger partial charge in [0.05, 0.1) is 4.47 Å². The largest absolute Gasteiger partial charge is 0.489 e. The normalized spacial score (nSPS) is 25.1. The summed E-state index contributed by atoms with van der Waals surface area (Å²) >= 11 is 3.61. The number of ether oxygens (including phenoxy) is 1. The molecule has 1 aromatic carbocycles. The Morgan fingerprint density at radius 3 is 2.72 bits per heavy atom. The third-order valence-electron chi connectivity index (χ3n) is 4.00. The smallest absolute Gasteiger partial charge is 0.133 e. The second-order valence-corrected chi connectivity index (χ2v) is 6.46. The van der Waals surface area contributed by atoms with Gasteiger partial charge in [-0.25, -0.2) is 0 Å². The van der Waals surface area contributed by atoms with Crippen LogP contribution in [-0.4, -0.2) is 19.2 Å². The van der Waals surface area contributed by atoms with Crippen LogP contribution in [0, 0.1) is 18.8 Å². The van der Waals surface area contributed by atoms with E-state index in [1.54, 1.807) is 0 Å². The summed E-state index contributed by atoms with van der Waals surface area (Å²) in [5.74, 6) is 2.47. The predicted molar refractivity (Wildman–Crippen MR) is 77.0 cm³/mol. The molecule has 1 aliphatic heterocycles. The Kier molecular flexibility index (Phi) is 3.62. The molecule has 0 unspecified atom stereocenters. The average molecular weight is 310 g/mol. The maximum atomic E-state index is 6.32. The molecule has 0 radical (unpaired) electrons. The molecule has 0 amide bonds. The van der Waals surface area contributed by atoms with Crippen LogP contribution in [0.3, 0.4) is 0 Å². The first kappa shape index (κ1) is 12.5. The standard InChI is InChI=1S/C15H20BrNO/c1-10-2-5-14(13(16)8-10)18-15(11-3-4-11)12-6-7-17-9-12/h2,5,8,11-12,15,17H,3-4,6-7,9H2,1H3/t12-,15-/m1/s1. The van der Waals surface area contributed by atoms with Crippen LogP contribution in [0.4, 0.5) is 0 Å². The van der Waals surface area contributed by atoms with Gasteiger partial charge in [-0.15, -0.1) is 0 Å². The van der Waals surface area contributed by atoms with Crippen LogP contribution in [0.15, 0.2) is 22.7 Å². The summed E-state index contributed by atoms with van der Waals surface area (Å²) in [7, 11) is 0. The Hall–Kier alpha value is -0.540. The van der Waals surface area contributed by atoms with E-state index in [0.29, 0.717) is 12.0 Å². The van der Waals surface area contributed by atoms with Gasteiger partial charge in [-0.05, 0) is 72.3 Å². The van der Waals surface area contributed by atoms with Gasteiger partial charge in [0.25, 0.3) is 0 Å². The third-order valence-corrected chi connectivity index (χ3v) is 4.62. The van der Waals surface area contributed by atoms with Crippen molar-refractivity contribution in [1.29, 1.82) is 0 Å². The van der Waals surface area contributed by atoms with E-state index in [-0.39, 0.29) is 0 Å². The Balaban J connectivity index is 1.75. The van der Waals surface area contributed by atoms with E-state index < -0.39 is 0 Å². The number of aryl methyl sites for hydroxylation is 1. The summed E-state index contributed by atoms with van der Waals surface area (Å²) in [4.78, 5) is 0. The van der Waals surface area contributed by atoms with Crippen molar-refractivity contribution < 1.29 is 4.74 Å². The molecule has 1 aliphatic carbocycles. The fourth-order valence-electron chi connectivity index (χ4n) is 2.81. The van der Waals surface area contributed by atoms with Crippen LogP contribution in [-0.2, 0) is 0 Å². The first-order valence-electron chi connectivity index (χ1n) is 6.87. The lowest BCUT2D eigenvalue weighted by atomic mass is 9.97. The van der Waals surface area contributed by atoms with Crippen LogP contribution in [0.25, 0.3) is 0 Å². The van der Waals surface area contributed by atoms with Crippen molar-refractivity contribution in [2.45, 2.75) is 32.3 Å². The van der Waals surface area contributed by atoms with E-state index in [1.165, 1.54) is 24.8 Å². The average Bonchev–Trinajstić information content (AvgIpc) is 3.03. The van der Waals surface area contributed by atoms with Gasteiger partial charge in [0.15, 0.2) is 0 Å². The highest BCUT2D eigenvalue weighted by atomic mass is 79.9. The zero-order chi connectivity index (χ0) is 12.5. The maximum absolute atomic E-state index is 6.32. The lowest BCUT2D eigenvalue weighted by Crippen LogP contribution is -2.30. The minimum absolute atomic E-state index is 0.402. The van der Waals surface area contributed by atoms with Gasteiger partial charge in [0.2, 0.25) is 0 Å². The lowest BCUT2D eigenvalue weighted by molar-refractivity contribution is 0.120. The lowest BCUT2D eigenvalue weighted by Gasteiger charge is -2.25. The molecule has 1 aromatic rings. The van der Waals surface area contributed by atoms with Crippen LogP contribution in [0.1, 0.15) is 24.8 Å². The number of rotatable bonds is 4. The molecule has 2 nitrogen and oxygen atoms in total. The number of nitrogens with one attached hydrogen (secondary N) is 1. The van der Waals surface area contributed by atoms with Crippen molar-refractivity contribution >= 4 is 15.9 Å². The van der Waals surface area contributed by atoms with Crippen LogP contribution in [0.2, 0.25) is 0 Å². The number of hydrogen-bond donors (Lipinski definition) is 1. The van der Waals surface area contributed by atoms with Gasteiger partial charge in [-0.2, -0.15) is 0 Å². The topological polar surface area (TPSA) is 21.3 Å².